The molecule has 0 radical (unpaired) electrons. The maximum absolute atomic E-state index is 14.3. The van der Waals surface area contributed by atoms with Crippen molar-refractivity contribution in [2.45, 2.75) is 43.2 Å². The Labute approximate surface area is 247 Å². The lowest BCUT2D eigenvalue weighted by Crippen LogP contribution is -2.57. The van der Waals surface area contributed by atoms with Crippen molar-refractivity contribution in [2.24, 2.45) is 0 Å². The first kappa shape index (κ1) is 27.8. The van der Waals surface area contributed by atoms with Crippen LogP contribution < -0.4 is 15.4 Å². The molecule has 202 valence electrons. The van der Waals surface area contributed by atoms with Gasteiger partial charge in [-0.1, -0.05) is 56.8 Å². The summed E-state index contributed by atoms with van der Waals surface area (Å²) in [7, 11) is 0. The van der Waals surface area contributed by atoms with Gasteiger partial charge in [0.2, 0.25) is 11.8 Å². The average Bonchev–Trinajstić information content (AvgIpc) is 3.14. The summed E-state index contributed by atoms with van der Waals surface area (Å²) in [6.07, 6.45) is -0.0928. The fourth-order valence-corrected chi connectivity index (χ4v) is 6.42. The molecule has 1 spiro atoms. The highest BCUT2D eigenvalue weighted by atomic mass is 79.9. The van der Waals surface area contributed by atoms with Gasteiger partial charge in [0.15, 0.2) is 5.60 Å². The summed E-state index contributed by atoms with van der Waals surface area (Å²) in [5, 5.41) is 16.8. The third-order valence-corrected chi connectivity index (χ3v) is 8.56. The maximum atomic E-state index is 14.3. The predicted molar refractivity (Wildman–Crippen MR) is 153 cm³/mol. The number of rotatable bonds is 5. The van der Waals surface area contributed by atoms with Crippen molar-refractivity contribution in [1.29, 1.82) is 0 Å². The molecule has 11 heteroatoms. The molecule has 2 amide bonds. The van der Waals surface area contributed by atoms with Crippen molar-refractivity contribution in [3.63, 3.8) is 0 Å². The molecule has 3 atom stereocenters. The molecule has 0 unspecified atom stereocenters. The summed E-state index contributed by atoms with van der Waals surface area (Å²) in [5.41, 5.74) is -0.968. The second-order valence-corrected chi connectivity index (χ2v) is 12.2. The van der Waals surface area contributed by atoms with Crippen molar-refractivity contribution in [3.05, 3.63) is 90.8 Å². The smallest absolute Gasteiger partial charge is 0.347 e. The van der Waals surface area contributed by atoms with Gasteiger partial charge in [0.05, 0.1) is 6.04 Å². The van der Waals surface area contributed by atoms with E-state index in [0.717, 1.165) is 0 Å². The standard InChI is InChI=1S/C28H22BrCl3N2O5/c1-27(2,26(37)38)39-22-8-3-13(29)9-16(22)19-12-23(35)34-24(17-10-14(30)5-7-20(17)32)28(19)18-6-4-15(31)11-21(18)33-25(28)36/h3-11,19,24H,12H2,1-2H3,(H,33,36)(H,34,35)(H,37,38)/t19-,24+,28-/m1/s1. The predicted octanol–water partition coefficient (Wildman–Crippen LogP) is 6.89. The van der Waals surface area contributed by atoms with Crippen LogP contribution in [0.1, 0.15) is 48.9 Å². The number of carbonyl (C=O) groups is 3. The van der Waals surface area contributed by atoms with Gasteiger partial charge in [0, 0.05) is 43.1 Å². The number of fused-ring (bicyclic) bond motifs is 2. The first-order valence-electron chi connectivity index (χ1n) is 11.9. The zero-order valence-electron chi connectivity index (χ0n) is 20.7. The van der Waals surface area contributed by atoms with Crippen molar-refractivity contribution in [1.82, 2.24) is 5.32 Å². The number of ether oxygens (including phenoxy) is 1. The van der Waals surface area contributed by atoms with Crippen molar-refractivity contribution in [3.8, 4) is 5.75 Å². The largest absolute Gasteiger partial charge is 0.478 e. The van der Waals surface area contributed by atoms with Gasteiger partial charge in [0.1, 0.15) is 11.2 Å². The number of hydrogen-bond acceptors (Lipinski definition) is 4. The molecule has 5 rings (SSSR count). The molecule has 2 heterocycles. The topological polar surface area (TPSA) is 105 Å². The Morgan fingerprint density at radius 1 is 1.03 bits per heavy atom. The summed E-state index contributed by atoms with van der Waals surface area (Å²) in [6.45, 7) is 2.86. The zero-order chi connectivity index (χ0) is 28.3. The van der Waals surface area contributed by atoms with E-state index in [1.807, 2.05) is 0 Å². The van der Waals surface area contributed by atoms with Gasteiger partial charge in [-0.25, -0.2) is 4.79 Å². The third kappa shape index (κ3) is 4.67. The van der Waals surface area contributed by atoms with Crippen LogP contribution in [0.5, 0.6) is 5.75 Å². The van der Waals surface area contributed by atoms with E-state index in [9.17, 15) is 19.5 Å². The van der Waals surface area contributed by atoms with Crippen molar-refractivity contribution in [2.75, 3.05) is 5.32 Å². The van der Waals surface area contributed by atoms with Crippen molar-refractivity contribution >= 4 is 74.2 Å². The SMILES string of the molecule is CC(C)(Oc1ccc(Br)cc1[C@H]1CC(=O)N[C@@H](c2cc(Cl)ccc2Cl)[C@]12C(=O)Nc1cc(Cl)ccc12)C(=O)O. The van der Waals surface area contributed by atoms with Gasteiger partial charge < -0.3 is 20.5 Å². The number of halogens is 4. The Morgan fingerprint density at radius 2 is 1.72 bits per heavy atom. The van der Waals surface area contributed by atoms with Crippen LogP contribution in [0.2, 0.25) is 15.1 Å². The monoisotopic (exact) mass is 650 g/mol. The van der Waals surface area contributed by atoms with Gasteiger partial charge in [-0.15, -0.1) is 0 Å². The molecule has 0 bridgehead atoms. The van der Waals surface area contributed by atoms with Gasteiger partial charge in [-0.05, 0) is 73.5 Å². The van der Waals surface area contributed by atoms with Gasteiger partial charge in [-0.2, -0.15) is 0 Å². The number of piperidine rings is 1. The molecule has 7 nitrogen and oxygen atoms in total. The molecule has 2 aliphatic rings. The van der Waals surface area contributed by atoms with E-state index in [1.165, 1.54) is 13.8 Å². The van der Waals surface area contributed by atoms with Crippen LogP contribution in [0, 0.1) is 0 Å². The van der Waals surface area contributed by atoms with E-state index in [2.05, 4.69) is 26.6 Å². The van der Waals surface area contributed by atoms with Gasteiger partial charge in [0.25, 0.3) is 0 Å². The summed E-state index contributed by atoms with van der Waals surface area (Å²) in [6, 6.07) is 14.1. The zero-order valence-corrected chi connectivity index (χ0v) is 24.5. The molecular formula is C28H22BrCl3N2O5. The summed E-state index contributed by atoms with van der Waals surface area (Å²) in [4.78, 5) is 39.5. The van der Waals surface area contributed by atoms with Gasteiger partial charge in [-0.3, -0.25) is 9.59 Å². The summed E-state index contributed by atoms with van der Waals surface area (Å²) in [5.74, 6) is -2.45. The molecule has 3 N–H and O–H groups in total. The van der Waals surface area contributed by atoms with Crippen LogP contribution in [0.15, 0.2) is 59.1 Å². The van der Waals surface area contributed by atoms with Crippen LogP contribution in [-0.2, 0) is 19.8 Å². The first-order valence-corrected chi connectivity index (χ1v) is 13.8. The minimum atomic E-state index is -1.59. The Hall–Kier alpha value is -2.78. The first-order chi connectivity index (χ1) is 18.3. The normalized spacial score (nSPS) is 22.3. The Kier molecular flexibility index (Phi) is 7.12. The maximum Gasteiger partial charge on any atom is 0.347 e. The highest BCUT2D eigenvalue weighted by Gasteiger charge is 2.62. The highest BCUT2D eigenvalue weighted by molar-refractivity contribution is 9.10. The highest BCUT2D eigenvalue weighted by Crippen LogP contribution is 2.59. The number of benzene rings is 3. The number of nitrogens with one attached hydrogen (secondary N) is 2. The number of anilines is 1. The molecule has 0 saturated carbocycles. The molecule has 3 aromatic rings. The quantitative estimate of drug-likeness (QED) is 0.279. The van der Waals surface area contributed by atoms with E-state index < -0.39 is 28.9 Å². The Morgan fingerprint density at radius 3 is 2.44 bits per heavy atom. The molecule has 0 aromatic heterocycles. The molecule has 39 heavy (non-hydrogen) atoms. The lowest BCUT2D eigenvalue weighted by Gasteiger charge is -2.47. The minimum Gasteiger partial charge on any atom is -0.478 e. The molecule has 1 fully saturated rings. The molecule has 1 saturated heterocycles. The number of carboxylic acid groups (broad SMARTS) is 1. The molecular weight excluding hydrogens is 631 g/mol. The van der Waals surface area contributed by atoms with Crippen molar-refractivity contribution < 1.29 is 24.2 Å². The number of carboxylic acids is 1. The second-order valence-electron chi connectivity index (χ2n) is 10.0. The molecule has 2 aliphatic heterocycles. The Bertz CT molecular complexity index is 1550. The average molecular weight is 653 g/mol. The number of aliphatic carboxylic acids is 1. The van der Waals surface area contributed by atoms with Gasteiger partial charge >= 0.3 is 5.97 Å². The second kappa shape index (κ2) is 10.0. The minimum absolute atomic E-state index is 0.0928. The number of amides is 2. The number of hydrogen-bond donors (Lipinski definition) is 3. The van der Waals surface area contributed by atoms with E-state index in [0.29, 0.717) is 41.9 Å². The molecule has 0 aliphatic carbocycles. The van der Waals surface area contributed by atoms with E-state index in [4.69, 9.17) is 39.5 Å². The van der Waals surface area contributed by atoms with E-state index >= 15 is 0 Å². The van der Waals surface area contributed by atoms with Crippen LogP contribution >= 0.6 is 50.7 Å². The van der Waals surface area contributed by atoms with E-state index in [-0.39, 0.29) is 24.0 Å². The Balaban J connectivity index is 1.82. The lowest BCUT2D eigenvalue weighted by molar-refractivity contribution is -0.152. The summed E-state index contributed by atoms with van der Waals surface area (Å²) < 4.78 is 6.67. The van der Waals surface area contributed by atoms with Crippen LogP contribution in [0.4, 0.5) is 5.69 Å². The fraction of sp³-hybridized carbons (Fsp3) is 0.250. The third-order valence-electron chi connectivity index (χ3n) is 7.25. The molecule has 3 aromatic carbocycles. The van der Waals surface area contributed by atoms with Crippen LogP contribution in [-0.4, -0.2) is 28.5 Å². The lowest BCUT2D eigenvalue weighted by atomic mass is 9.59. The van der Waals surface area contributed by atoms with Crippen LogP contribution in [0.25, 0.3) is 0 Å². The summed E-state index contributed by atoms with van der Waals surface area (Å²) >= 11 is 22.8. The van der Waals surface area contributed by atoms with E-state index in [1.54, 1.807) is 54.6 Å². The fourth-order valence-electron chi connectivity index (χ4n) is 5.46. The van der Waals surface area contributed by atoms with Crippen LogP contribution in [0.3, 0.4) is 0 Å². The number of carbonyl (C=O) groups excluding carboxylic acids is 2.